The quantitative estimate of drug-likeness (QED) is 0.363. The minimum Gasteiger partial charge on any atom is -0.453 e. The maximum absolute atomic E-state index is 12.5. The van der Waals surface area contributed by atoms with E-state index in [-0.39, 0.29) is 12.1 Å². The zero-order valence-corrected chi connectivity index (χ0v) is 23.2. The van der Waals surface area contributed by atoms with Gasteiger partial charge in [-0.25, -0.2) is 14.8 Å². The molecule has 0 spiro atoms. The zero-order valence-electron chi connectivity index (χ0n) is 22.4. The molecule has 10 nitrogen and oxygen atoms in total. The molecule has 1 amide bonds. The molecule has 1 saturated heterocycles. The summed E-state index contributed by atoms with van der Waals surface area (Å²) in [6.07, 6.45) is 3.18. The van der Waals surface area contributed by atoms with E-state index < -0.39 is 5.60 Å². The number of nitrogens with one attached hydrogen (secondary N) is 1. The summed E-state index contributed by atoms with van der Waals surface area (Å²) < 4.78 is 13.5. The number of H-pyrrole nitrogens is 1. The molecule has 1 atom stereocenters. The SMILES string of the molecule is Cc1nn(C)cc1-c1nc2ncc(Cl)c(Oc3ccc(N4CCN(C(=O)OC(C)(C)C)C[C@@H]4C)cc3)c2[nH]1. The topological polar surface area (TPSA) is 101 Å². The van der Waals surface area contributed by atoms with Crippen LogP contribution in [-0.4, -0.2) is 67.0 Å². The highest BCUT2D eigenvalue weighted by Crippen LogP contribution is 2.36. The molecule has 0 bridgehead atoms. The van der Waals surface area contributed by atoms with Gasteiger partial charge in [0.2, 0.25) is 0 Å². The van der Waals surface area contributed by atoms with Crippen LogP contribution in [0, 0.1) is 6.92 Å². The van der Waals surface area contributed by atoms with E-state index in [2.05, 4.69) is 31.9 Å². The molecule has 200 valence electrons. The number of rotatable bonds is 4. The molecule has 1 N–H and O–H groups in total. The molecule has 4 aromatic rings. The largest absolute Gasteiger partial charge is 0.453 e. The van der Waals surface area contributed by atoms with Gasteiger partial charge in [-0.15, -0.1) is 0 Å². The normalized spacial score (nSPS) is 16.2. The number of hydrogen-bond donors (Lipinski definition) is 1. The number of aromatic amines is 1. The van der Waals surface area contributed by atoms with Gasteiger partial charge in [0.1, 0.15) is 27.7 Å². The first-order valence-electron chi connectivity index (χ1n) is 12.6. The van der Waals surface area contributed by atoms with Crippen LogP contribution in [0.2, 0.25) is 5.02 Å². The van der Waals surface area contributed by atoms with Crippen molar-refractivity contribution >= 4 is 34.5 Å². The maximum Gasteiger partial charge on any atom is 0.410 e. The van der Waals surface area contributed by atoms with Crippen LogP contribution < -0.4 is 9.64 Å². The van der Waals surface area contributed by atoms with Gasteiger partial charge in [-0.2, -0.15) is 5.10 Å². The Hall–Kier alpha value is -3.79. The van der Waals surface area contributed by atoms with Crippen molar-refractivity contribution in [1.29, 1.82) is 0 Å². The number of halogens is 1. The Morgan fingerprint density at radius 3 is 2.55 bits per heavy atom. The molecule has 38 heavy (non-hydrogen) atoms. The van der Waals surface area contributed by atoms with Crippen molar-refractivity contribution in [3.05, 3.63) is 47.4 Å². The third kappa shape index (κ3) is 5.26. The molecule has 1 aliphatic heterocycles. The van der Waals surface area contributed by atoms with Gasteiger partial charge >= 0.3 is 6.09 Å². The summed E-state index contributed by atoms with van der Waals surface area (Å²) in [6, 6.07) is 7.98. The molecule has 0 unspecified atom stereocenters. The highest BCUT2D eigenvalue weighted by atomic mass is 35.5. The van der Waals surface area contributed by atoms with E-state index in [9.17, 15) is 4.79 Å². The van der Waals surface area contributed by atoms with E-state index in [1.54, 1.807) is 15.8 Å². The standard InChI is InChI=1S/C27H32ClN7O3/c1-16-14-34(26(36)38-27(3,4)5)11-12-35(16)18-7-9-19(10-8-18)37-23-21(28)13-29-25-22(23)30-24(31-25)20-15-33(6)32-17(20)2/h7-10,13,15-16H,11-12,14H2,1-6H3,(H,29,30,31)/t16-/m0/s1. The Bertz CT molecular complexity index is 1470. The second-order valence-corrected chi connectivity index (χ2v) is 11.0. The molecule has 4 heterocycles. The van der Waals surface area contributed by atoms with Crippen molar-refractivity contribution in [2.75, 3.05) is 24.5 Å². The van der Waals surface area contributed by atoms with Gasteiger partial charge in [-0.05, 0) is 58.9 Å². The van der Waals surface area contributed by atoms with Gasteiger partial charge in [0.25, 0.3) is 0 Å². The van der Waals surface area contributed by atoms with Gasteiger partial charge in [-0.3, -0.25) is 4.68 Å². The molecule has 1 fully saturated rings. The predicted octanol–water partition coefficient (Wildman–Crippen LogP) is 5.56. The summed E-state index contributed by atoms with van der Waals surface area (Å²) in [4.78, 5) is 28.8. The molecule has 5 rings (SSSR count). The highest BCUT2D eigenvalue weighted by molar-refractivity contribution is 6.32. The average molecular weight is 538 g/mol. The number of piperazine rings is 1. The van der Waals surface area contributed by atoms with Crippen LogP contribution in [0.1, 0.15) is 33.4 Å². The Labute approximate surface area is 226 Å². The number of carbonyl (C=O) groups is 1. The van der Waals surface area contributed by atoms with Gasteiger partial charge in [0, 0.05) is 44.6 Å². The molecular weight excluding hydrogens is 506 g/mol. The van der Waals surface area contributed by atoms with Crippen molar-refractivity contribution in [3.8, 4) is 22.9 Å². The number of ether oxygens (including phenoxy) is 2. The zero-order chi connectivity index (χ0) is 27.2. The van der Waals surface area contributed by atoms with Crippen LogP contribution in [0.15, 0.2) is 36.7 Å². The van der Waals surface area contributed by atoms with E-state index in [1.807, 2.05) is 65.2 Å². The number of fused-ring (bicyclic) bond motifs is 1. The van der Waals surface area contributed by atoms with Crippen molar-refractivity contribution in [2.45, 2.75) is 46.3 Å². The highest BCUT2D eigenvalue weighted by Gasteiger charge is 2.30. The number of carbonyl (C=O) groups excluding carboxylic acids is 1. The summed E-state index contributed by atoms with van der Waals surface area (Å²) in [6.45, 7) is 11.6. The van der Waals surface area contributed by atoms with Gasteiger partial charge < -0.3 is 24.3 Å². The number of aromatic nitrogens is 5. The van der Waals surface area contributed by atoms with Gasteiger partial charge in [0.15, 0.2) is 11.4 Å². The van der Waals surface area contributed by atoms with E-state index >= 15 is 0 Å². The smallest absolute Gasteiger partial charge is 0.410 e. The summed E-state index contributed by atoms with van der Waals surface area (Å²) in [5.41, 5.74) is 3.42. The van der Waals surface area contributed by atoms with E-state index in [0.717, 1.165) is 16.9 Å². The minimum absolute atomic E-state index is 0.136. The van der Waals surface area contributed by atoms with Crippen LogP contribution in [-0.2, 0) is 11.8 Å². The van der Waals surface area contributed by atoms with Gasteiger partial charge in [0.05, 0.1) is 17.5 Å². The summed E-state index contributed by atoms with van der Waals surface area (Å²) in [7, 11) is 1.87. The van der Waals surface area contributed by atoms with Crippen LogP contribution in [0.4, 0.5) is 10.5 Å². The lowest BCUT2D eigenvalue weighted by molar-refractivity contribution is 0.0219. The van der Waals surface area contributed by atoms with Crippen LogP contribution in [0.25, 0.3) is 22.6 Å². The fourth-order valence-corrected chi connectivity index (χ4v) is 4.81. The lowest BCUT2D eigenvalue weighted by Gasteiger charge is -2.41. The molecule has 3 aromatic heterocycles. The number of imidazole rings is 1. The number of benzene rings is 1. The van der Waals surface area contributed by atoms with Crippen molar-refractivity contribution in [1.82, 2.24) is 29.6 Å². The van der Waals surface area contributed by atoms with E-state index in [1.165, 1.54) is 0 Å². The second-order valence-electron chi connectivity index (χ2n) is 10.6. The number of hydrogen-bond acceptors (Lipinski definition) is 7. The summed E-state index contributed by atoms with van der Waals surface area (Å²) in [5, 5.41) is 4.77. The number of nitrogens with zero attached hydrogens (tertiary/aromatic N) is 6. The number of aryl methyl sites for hydroxylation is 2. The third-order valence-corrected chi connectivity index (χ3v) is 6.63. The first-order chi connectivity index (χ1) is 18.0. The van der Waals surface area contributed by atoms with Crippen LogP contribution in [0.3, 0.4) is 0 Å². The lowest BCUT2D eigenvalue weighted by Crippen LogP contribution is -2.54. The number of amides is 1. The average Bonchev–Trinajstić information content (AvgIpc) is 3.42. The second kappa shape index (κ2) is 9.83. The lowest BCUT2D eigenvalue weighted by atomic mass is 10.1. The Morgan fingerprint density at radius 2 is 1.92 bits per heavy atom. The first-order valence-corrected chi connectivity index (χ1v) is 12.9. The maximum atomic E-state index is 12.5. The predicted molar refractivity (Wildman–Crippen MR) is 147 cm³/mol. The summed E-state index contributed by atoms with van der Waals surface area (Å²) >= 11 is 6.49. The Kier molecular flexibility index (Phi) is 6.68. The first kappa shape index (κ1) is 25.8. The minimum atomic E-state index is -0.508. The molecule has 0 saturated carbocycles. The van der Waals surface area contributed by atoms with Crippen molar-refractivity contribution in [2.24, 2.45) is 7.05 Å². The molecule has 0 aliphatic carbocycles. The molecule has 0 radical (unpaired) electrons. The van der Waals surface area contributed by atoms with Gasteiger partial charge in [-0.1, -0.05) is 11.6 Å². The van der Waals surface area contributed by atoms with Crippen molar-refractivity contribution < 1.29 is 14.3 Å². The number of pyridine rings is 1. The van der Waals surface area contributed by atoms with E-state index in [0.29, 0.717) is 53.1 Å². The Morgan fingerprint density at radius 1 is 1.18 bits per heavy atom. The number of anilines is 1. The molecule has 1 aliphatic rings. The molecular formula is C27H32ClN7O3. The summed E-state index contributed by atoms with van der Waals surface area (Å²) in [5.74, 6) is 1.75. The van der Waals surface area contributed by atoms with E-state index in [4.69, 9.17) is 21.1 Å². The molecule has 1 aromatic carbocycles. The fourth-order valence-electron chi connectivity index (χ4n) is 4.63. The molecule has 11 heteroatoms. The fraction of sp³-hybridized carbons (Fsp3) is 0.407. The Balaban J connectivity index is 1.32. The van der Waals surface area contributed by atoms with Crippen molar-refractivity contribution in [3.63, 3.8) is 0 Å². The van der Waals surface area contributed by atoms with Crippen LogP contribution >= 0.6 is 11.6 Å². The van der Waals surface area contributed by atoms with Crippen LogP contribution in [0.5, 0.6) is 11.5 Å². The third-order valence-electron chi connectivity index (χ3n) is 6.36. The monoisotopic (exact) mass is 537 g/mol.